The second-order valence-electron chi connectivity index (χ2n) is 3.07. The number of hydrogen-bond donors (Lipinski definition) is 1. The standard InChI is InChI=1S/C10H23NO2.C2H6/c1-2-3-7-12-9-5-10-13-8-4-6-11;1-2/h2-11H2,1H3;1-2H3. The molecule has 0 aromatic heterocycles. The van der Waals surface area contributed by atoms with Crippen LogP contribution in [0, 0.1) is 0 Å². The summed E-state index contributed by atoms with van der Waals surface area (Å²) in [6.45, 7) is 10.2. The van der Waals surface area contributed by atoms with Gasteiger partial charge in [-0.3, -0.25) is 0 Å². The fourth-order valence-electron chi connectivity index (χ4n) is 0.899. The van der Waals surface area contributed by atoms with Crippen LogP contribution in [-0.2, 0) is 9.47 Å². The van der Waals surface area contributed by atoms with E-state index in [1.165, 1.54) is 6.42 Å². The lowest BCUT2D eigenvalue weighted by atomic mass is 10.4. The SMILES string of the molecule is CC.CCCCOCCCOCCCN. The molecule has 0 radical (unpaired) electrons. The Morgan fingerprint density at radius 3 is 1.73 bits per heavy atom. The van der Waals surface area contributed by atoms with Crippen molar-refractivity contribution in [3.05, 3.63) is 0 Å². The first-order chi connectivity index (χ1) is 7.41. The van der Waals surface area contributed by atoms with Crippen molar-refractivity contribution in [1.29, 1.82) is 0 Å². The van der Waals surface area contributed by atoms with Crippen LogP contribution in [0.15, 0.2) is 0 Å². The molecule has 0 aromatic rings. The van der Waals surface area contributed by atoms with Crippen LogP contribution in [0.2, 0.25) is 0 Å². The molecule has 0 aromatic carbocycles. The summed E-state index contributed by atoms with van der Waals surface area (Å²) < 4.78 is 10.7. The van der Waals surface area contributed by atoms with Gasteiger partial charge in [0.1, 0.15) is 0 Å². The molecule has 0 amide bonds. The highest BCUT2D eigenvalue weighted by atomic mass is 16.5. The van der Waals surface area contributed by atoms with Gasteiger partial charge in [-0.05, 0) is 25.8 Å². The summed E-state index contributed by atoms with van der Waals surface area (Å²) in [6, 6.07) is 0. The molecular weight excluding hydrogens is 190 g/mol. The highest BCUT2D eigenvalue weighted by molar-refractivity contribution is 4.38. The van der Waals surface area contributed by atoms with Gasteiger partial charge >= 0.3 is 0 Å². The van der Waals surface area contributed by atoms with Gasteiger partial charge < -0.3 is 15.2 Å². The third-order valence-electron chi connectivity index (χ3n) is 1.71. The average molecular weight is 219 g/mol. The van der Waals surface area contributed by atoms with Crippen molar-refractivity contribution in [2.24, 2.45) is 5.73 Å². The van der Waals surface area contributed by atoms with Crippen molar-refractivity contribution in [2.45, 2.75) is 46.5 Å². The van der Waals surface area contributed by atoms with Crippen LogP contribution in [0.1, 0.15) is 46.5 Å². The molecule has 3 heteroatoms. The molecule has 0 bridgehead atoms. The monoisotopic (exact) mass is 219 g/mol. The Morgan fingerprint density at radius 1 is 0.800 bits per heavy atom. The molecule has 0 fully saturated rings. The zero-order valence-corrected chi connectivity index (χ0v) is 10.8. The lowest BCUT2D eigenvalue weighted by molar-refractivity contribution is 0.0813. The minimum absolute atomic E-state index is 0.715. The summed E-state index contributed by atoms with van der Waals surface area (Å²) >= 11 is 0. The van der Waals surface area contributed by atoms with Gasteiger partial charge in [-0.25, -0.2) is 0 Å². The van der Waals surface area contributed by atoms with Crippen LogP contribution < -0.4 is 5.73 Å². The van der Waals surface area contributed by atoms with Gasteiger partial charge in [-0.1, -0.05) is 27.2 Å². The van der Waals surface area contributed by atoms with Crippen LogP contribution in [0.25, 0.3) is 0 Å². The predicted molar refractivity (Wildman–Crippen MR) is 66.2 cm³/mol. The van der Waals surface area contributed by atoms with Gasteiger partial charge in [0.05, 0.1) is 0 Å². The molecule has 94 valence electrons. The Bertz CT molecular complexity index is 79.7. The van der Waals surface area contributed by atoms with E-state index in [4.69, 9.17) is 15.2 Å². The normalized spacial score (nSPS) is 9.60. The molecule has 15 heavy (non-hydrogen) atoms. The molecule has 0 aliphatic heterocycles. The van der Waals surface area contributed by atoms with E-state index in [0.29, 0.717) is 6.54 Å². The topological polar surface area (TPSA) is 44.5 Å². The third-order valence-corrected chi connectivity index (χ3v) is 1.71. The van der Waals surface area contributed by atoms with Gasteiger partial charge in [0.25, 0.3) is 0 Å². The molecule has 3 nitrogen and oxygen atoms in total. The lowest BCUT2D eigenvalue weighted by Crippen LogP contribution is -2.06. The van der Waals surface area contributed by atoms with Crippen molar-refractivity contribution in [3.8, 4) is 0 Å². The number of hydrogen-bond acceptors (Lipinski definition) is 3. The maximum Gasteiger partial charge on any atom is 0.0487 e. The number of rotatable bonds is 10. The van der Waals surface area contributed by atoms with E-state index >= 15 is 0 Å². The van der Waals surface area contributed by atoms with Crippen molar-refractivity contribution in [2.75, 3.05) is 33.0 Å². The first kappa shape index (κ1) is 17.3. The summed E-state index contributed by atoms with van der Waals surface area (Å²) in [6.07, 6.45) is 4.31. The van der Waals surface area contributed by atoms with Crippen LogP contribution in [0.4, 0.5) is 0 Å². The molecule has 2 N–H and O–H groups in total. The van der Waals surface area contributed by atoms with E-state index in [2.05, 4.69) is 6.92 Å². The van der Waals surface area contributed by atoms with E-state index < -0.39 is 0 Å². The molecule has 0 saturated heterocycles. The van der Waals surface area contributed by atoms with Gasteiger partial charge in [0.15, 0.2) is 0 Å². The van der Waals surface area contributed by atoms with Gasteiger partial charge in [0, 0.05) is 26.4 Å². The third kappa shape index (κ3) is 20.1. The molecule has 0 aliphatic carbocycles. The lowest BCUT2D eigenvalue weighted by Gasteiger charge is -2.04. The predicted octanol–water partition coefficient (Wildman–Crippen LogP) is 2.58. The zero-order chi connectivity index (χ0) is 11.8. The number of nitrogens with two attached hydrogens (primary N) is 1. The van der Waals surface area contributed by atoms with Crippen LogP contribution in [0.3, 0.4) is 0 Å². The van der Waals surface area contributed by atoms with E-state index in [0.717, 1.165) is 45.7 Å². The Labute approximate surface area is 95.3 Å². The Hall–Kier alpha value is -0.120. The summed E-state index contributed by atoms with van der Waals surface area (Å²) in [5.41, 5.74) is 5.32. The molecule has 0 heterocycles. The summed E-state index contributed by atoms with van der Waals surface area (Å²) in [7, 11) is 0. The van der Waals surface area contributed by atoms with E-state index in [-0.39, 0.29) is 0 Å². The van der Waals surface area contributed by atoms with Crippen LogP contribution in [-0.4, -0.2) is 33.0 Å². The van der Waals surface area contributed by atoms with Crippen LogP contribution >= 0.6 is 0 Å². The van der Waals surface area contributed by atoms with Crippen molar-refractivity contribution >= 4 is 0 Å². The Kier molecular flexibility index (Phi) is 22.4. The molecule has 0 unspecified atom stereocenters. The highest BCUT2D eigenvalue weighted by Crippen LogP contribution is 1.90. The molecule has 0 rings (SSSR count). The second kappa shape index (κ2) is 19.5. The van der Waals surface area contributed by atoms with Crippen molar-refractivity contribution < 1.29 is 9.47 Å². The van der Waals surface area contributed by atoms with E-state index in [1.807, 2.05) is 13.8 Å². The van der Waals surface area contributed by atoms with Crippen molar-refractivity contribution in [1.82, 2.24) is 0 Å². The van der Waals surface area contributed by atoms with E-state index in [1.54, 1.807) is 0 Å². The molecule has 0 spiro atoms. The molecule has 0 aliphatic rings. The largest absolute Gasteiger partial charge is 0.381 e. The summed E-state index contributed by atoms with van der Waals surface area (Å²) in [5.74, 6) is 0. The number of ether oxygens (including phenoxy) is 2. The van der Waals surface area contributed by atoms with Crippen LogP contribution in [0.5, 0.6) is 0 Å². The molecule has 0 atom stereocenters. The maximum absolute atomic E-state index is 5.38. The van der Waals surface area contributed by atoms with Gasteiger partial charge in [-0.2, -0.15) is 0 Å². The molecular formula is C12H29NO2. The Balaban J connectivity index is 0. The maximum atomic E-state index is 5.38. The molecule has 0 saturated carbocycles. The fourth-order valence-corrected chi connectivity index (χ4v) is 0.899. The summed E-state index contributed by atoms with van der Waals surface area (Å²) in [4.78, 5) is 0. The average Bonchev–Trinajstić information content (AvgIpc) is 2.30. The minimum Gasteiger partial charge on any atom is -0.381 e. The highest BCUT2D eigenvalue weighted by Gasteiger charge is 1.89. The summed E-state index contributed by atoms with van der Waals surface area (Å²) in [5, 5.41) is 0. The first-order valence-electron chi connectivity index (χ1n) is 6.27. The quantitative estimate of drug-likeness (QED) is 0.574. The second-order valence-corrected chi connectivity index (χ2v) is 3.07. The fraction of sp³-hybridized carbons (Fsp3) is 1.00. The minimum atomic E-state index is 0.715. The zero-order valence-electron chi connectivity index (χ0n) is 10.8. The van der Waals surface area contributed by atoms with E-state index in [9.17, 15) is 0 Å². The van der Waals surface area contributed by atoms with Crippen molar-refractivity contribution in [3.63, 3.8) is 0 Å². The first-order valence-corrected chi connectivity index (χ1v) is 6.27. The van der Waals surface area contributed by atoms with Gasteiger partial charge in [-0.15, -0.1) is 0 Å². The Morgan fingerprint density at radius 2 is 1.27 bits per heavy atom. The number of unbranched alkanes of at least 4 members (excludes halogenated alkanes) is 1. The smallest absolute Gasteiger partial charge is 0.0487 e. The van der Waals surface area contributed by atoms with Gasteiger partial charge in [0.2, 0.25) is 0 Å².